The zero-order valence-electron chi connectivity index (χ0n) is 5.54. The highest BCUT2D eigenvalue weighted by Crippen LogP contribution is 1.84. The van der Waals surface area contributed by atoms with Crippen LogP contribution in [0.3, 0.4) is 0 Å². The average molecular weight is 142 g/mol. The first-order valence-corrected chi connectivity index (χ1v) is 2.84. The molecule has 4 heteroatoms. The molecule has 0 fully saturated rings. The molecule has 0 aromatic heterocycles. The zero-order valence-corrected chi connectivity index (χ0v) is 5.54. The molecule has 0 spiro atoms. The van der Waals surface area contributed by atoms with Crippen molar-refractivity contribution in [2.75, 3.05) is 0 Å². The van der Waals surface area contributed by atoms with E-state index in [2.05, 4.69) is 0 Å². The Morgan fingerprint density at radius 2 is 1.30 bits per heavy atom. The number of nitrogens with two attached hydrogens (primary N) is 2. The Bertz CT molecular complexity index is 145. The molecule has 4 N–H and O–H groups in total. The number of rotatable bonds is 4. The highest BCUT2D eigenvalue weighted by atomic mass is 16.1. The van der Waals surface area contributed by atoms with Gasteiger partial charge in [-0.25, -0.2) is 0 Å². The van der Waals surface area contributed by atoms with Gasteiger partial charge in [0.1, 0.15) is 0 Å². The molecule has 0 radical (unpaired) electrons. The predicted molar refractivity (Wildman–Crippen MR) is 36.8 cm³/mol. The van der Waals surface area contributed by atoms with E-state index in [4.69, 9.17) is 11.5 Å². The molecule has 10 heavy (non-hydrogen) atoms. The first-order chi connectivity index (χ1) is 4.63. The van der Waals surface area contributed by atoms with Crippen LogP contribution in [0, 0.1) is 0 Å². The largest absolute Gasteiger partial charge is 0.369 e. The summed E-state index contributed by atoms with van der Waals surface area (Å²) in [6.45, 7) is 0. The molecule has 0 aromatic carbocycles. The second kappa shape index (κ2) is 4.55. The summed E-state index contributed by atoms with van der Waals surface area (Å²) in [5.41, 5.74) is 9.61. The van der Waals surface area contributed by atoms with Gasteiger partial charge in [-0.3, -0.25) is 9.59 Å². The molecule has 0 saturated heterocycles. The van der Waals surface area contributed by atoms with E-state index in [1.165, 1.54) is 12.2 Å². The van der Waals surface area contributed by atoms with Crippen molar-refractivity contribution >= 4 is 11.8 Å². The standard InChI is InChI=1S/C6H10N2O2/c7-5(9)3-1-2-4-6(8)10/h1-2H,3-4H2,(H2,7,9)(H2,8,10). The topological polar surface area (TPSA) is 86.2 Å². The van der Waals surface area contributed by atoms with Crippen molar-refractivity contribution in [2.24, 2.45) is 11.5 Å². The molecule has 4 nitrogen and oxygen atoms in total. The Balaban J connectivity index is 3.38. The van der Waals surface area contributed by atoms with Crippen LogP contribution in [-0.4, -0.2) is 11.8 Å². The summed E-state index contributed by atoms with van der Waals surface area (Å²) in [5.74, 6) is -0.832. The quantitative estimate of drug-likeness (QED) is 0.508. The molecule has 2 amide bonds. The molecule has 0 bridgehead atoms. The van der Waals surface area contributed by atoms with E-state index in [1.807, 2.05) is 0 Å². The molecule has 0 unspecified atom stereocenters. The number of primary amides is 2. The van der Waals surface area contributed by atoms with Crippen molar-refractivity contribution < 1.29 is 9.59 Å². The maximum atomic E-state index is 10.1. The van der Waals surface area contributed by atoms with Gasteiger partial charge in [0.15, 0.2) is 0 Å². The number of carbonyl (C=O) groups excluding carboxylic acids is 2. The first kappa shape index (κ1) is 8.68. The summed E-state index contributed by atoms with van der Waals surface area (Å²) in [6, 6.07) is 0. The number of amides is 2. The fourth-order valence-electron chi connectivity index (χ4n) is 0.399. The lowest BCUT2D eigenvalue weighted by Crippen LogP contribution is -2.09. The molecule has 0 rings (SSSR count). The van der Waals surface area contributed by atoms with Crippen molar-refractivity contribution in [1.82, 2.24) is 0 Å². The van der Waals surface area contributed by atoms with Crippen LogP contribution in [0.4, 0.5) is 0 Å². The van der Waals surface area contributed by atoms with Crippen LogP contribution in [-0.2, 0) is 9.59 Å². The van der Waals surface area contributed by atoms with E-state index in [9.17, 15) is 9.59 Å². The van der Waals surface area contributed by atoms with Crippen molar-refractivity contribution in [2.45, 2.75) is 12.8 Å². The second-order valence-corrected chi connectivity index (χ2v) is 1.81. The lowest BCUT2D eigenvalue weighted by Gasteiger charge is -1.84. The molecule has 0 aromatic rings. The minimum atomic E-state index is -0.416. The molecule has 0 saturated carbocycles. The highest BCUT2D eigenvalue weighted by molar-refractivity contribution is 5.77. The highest BCUT2D eigenvalue weighted by Gasteiger charge is 1.88. The smallest absolute Gasteiger partial charge is 0.221 e. The maximum Gasteiger partial charge on any atom is 0.221 e. The predicted octanol–water partition coefficient (Wildman–Crippen LogP) is -0.707. The Morgan fingerprint density at radius 3 is 1.50 bits per heavy atom. The maximum absolute atomic E-state index is 10.1. The first-order valence-electron chi connectivity index (χ1n) is 2.84. The van der Waals surface area contributed by atoms with Gasteiger partial charge in [0.2, 0.25) is 11.8 Å². The molecule has 0 aliphatic rings. The number of hydrogen-bond donors (Lipinski definition) is 2. The van der Waals surface area contributed by atoms with Crippen LogP contribution < -0.4 is 11.5 Å². The summed E-state index contributed by atoms with van der Waals surface area (Å²) in [4.78, 5) is 20.2. The minimum Gasteiger partial charge on any atom is -0.369 e. The monoisotopic (exact) mass is 142 g/mol. The summed E-state index contributed by atoms with van der Waals surface area (Å²) in [5, 5.41) is 0. The van der Waals surface area contributed by atoms with E-state index >= 15 is 0 Å². The van der Waals surface area contributed by atoms with E-state index in [1.54, 1.807) is 0 Å². The Morgan fingerprint density at radius 1 is 1.00 bits per heavy atom. The van der Waals surface area contributed by atoms with E-state index in [0.29, 0.717) is 0 Å². The van der Waals surface area contributed by atoms with Gasteiger partial charge in [0.05, 0.1) is 0 Å². The molecule has 0 aliphatic carbocycles. The average Bonchev–Trinajstić information content (AvgIpc) is 1.79. The van der Waals surface area contributed by atoms with Crippen molar-refractivity contribution in [3.8, 4) is 0 Å². The molecule has 0 heterocycles. The van der Waals surface area contributed by atoms with Gasteiger partial charge in [-0.15, -0.1) is 0 Å². The van der Waals surface area contributed by atoms with Crippen LogP contribution in [0.1, 0.15) is 12.8 Å². The normalized spacial score (nSPS) is 10.0. The zero-order chi connectivity index (χ0) is 7.98. The number of hydrogen-bond acceptors (Lipinski definition) is 2. The van der Waals surface area contributed by atoms with Gasteiger partial charge in [-0.05, 0) is 0 Å². The van der Waals surface area contributed by atoms with E-state index in [0.717, 1.165) is 0 Å². The Kier molecular flexibility index (Phi) is 3.95. The Hall–Kier alpha value is -1.32. The van der Waals surface area contributed by atoms with Gasteiger partial charge in [0.25, 0.3) is 0 Å². The second-order valence-electron chi connectivity index (χ2n) is 1.81. The molecular weight excluding hydrogens is 132 g/mol. The fourth-order valence-corrected chi connectivity index (χ4v) is 0.399. The van der Waals surface area contributed by atoms with Crippen LogP contribution in [0.5, 0.6) is 0 Å². The van der Waals surface area contributed by atoms with Gasteiger partial charge in [-0.1, -0.05) is 12.2 Å². The minimum absolute atomic E-state index is 0.160. The third-order valence-corrected chi connectivity index (χ3v) is 0.805. The third kappa shape index (κ3) is 6.68. The van der Waals surface area contributed by atoms with Crippen LogP contribution in [0.15, 0.2) is 12.2 Å². The molecule has 0 atom stereocenters. The van der Waals surface area contributed by atoms with Gasteiger partial charge in [0, 0.05) is 12.8 Å². The summed E-state index contributed by atoms with van der Waals surface area (Å²) < 4.78 is 0. The third-order valence-electron chi connectivity index (χ3n) is 0.805. The number of carbonyl (C=O) groups is 2. The van der Waals surface area contributed by atoms with E-state index in [-0.39, 0.29) is 12.8 Å². The molecular formula is C6H10N2O2. The molecule has 56 valence electrons. The van der Waals surface area contributed by atoms with Crippen LogP contribution in [0.2, 0.25) is 0 Å². The van der Waals surface area contributed by atoms with Gasteiger partial charge >= 0.3 is 0 Å². The lowest BCUT2D eigenvalue weighted by molar-refractivity contribution is -0.118. The lowest BCUT2D eigenvalue weighted by atomic mass is 10.3. The van der Waals surface area contributed by atoms with Gasteiger partial charge < -0.3 is 11.5 Å². The van der Waals surface area contributed by atoms with Crippen molar-refractivity contribution in [1.29, 1.82) is 0 Å². The summed E-state index contributed by atoms with van der Waals surface area (Å²) in [6.07, 6.45) is 3.36. The van der Waals surface area contributed by atoms with Crippen molar-refractivity contribution in [3.05, 3.63) is 12.2 Å². The SMILES string of the molecule is NC(=O)CC=CCC(N)=O. The van der Waals surface area contributed by atoms with Crippen LogP contribution in [0.25, 0.3) is 0 Å². The Labute approximate surface area is 58.9 Å². The van der Waals surface area contributed by atoms with Gasteiger partial charge in [-0.2, -0.15) is 0 Å². The summed E-state index contributed by atoms with van der Waals surface area (Å²) >= 11 is 0. The molecule has 0 aliphatic heterocycles. The van der Waals surface area contributed by atoms with E-state index < -0.39 is 11.8 Å². The summed E-state index contributed by atoms with van der Waals surface area (Å²) in [7, 11) is 0. The van der Waals surface area contributed by atoms with Crippen molar-refractivity contribution in [3.63, 3.8) is 0 Å². The fraction of sp³-hybridized carbons (Fsp3) is 0.333. The van der Waals surface area contributed by atoms with Crippen LogP contribution >= 0.6 is 0 Å².